The van der Waals surface area contributed by atoms with E-state index < -0.39 is 9.84 Å². The van der Waals surface area contributed by atoms with Gasteiger partial charge in [0.15, 0.2) is 5.65 Å². The smallest absolute Gasteiger partial charge is 0.229 e. The number of imidazole rings is 1. The van der Waals surface area contributed by atoms with Crippen molar-refractivity contribution in [3.05, 3.63) is 42.1 Å². The van der Waals surface area contributed by atoms with Crippen LogP contribution in [0.3, 0.4) is 0 Å². The van der Waals surface area contributed by atoms with Crippen LogP contribution in [0.1, 0.15) is 43.1 Å². The number of carbonyl (C=O) groups is 1. The predicted molar refractivity (Wildman–Crippen MR) is 130 cm³/mol. The van der Waals surface area contributed by atoms with Gasteiger partial charge < -0.3 is 4.90 Å². The molecule has 2 aliphatic heterocycles. The van der Waals surface area contributed by atoms with Crippen molar-refractivity contribution >= 4 is 26.9 Å². The summed E-state index contributed by atoms with van der Waals surface area (Å²) < 4.78 is 26.6. The summed E-state index contributed by atoms with van der Waals surface area (Å²) in [6, 6.07) is 3.49. The van der Waals surface area contributed by atoms with Gasteiger partial charge in [0.05, 0.1) is 0 Å². The molecule has 2 fully saturated rings. The molecule has 0 bridgehead atoms. The summed E-state index contributed by atoms with van der Waals surface area (Å²) >= 11 is 0. The summed E-state index contributed by atoms with van der Waals surface area (Å²) in [6.45, 7) is 5.67. The maximum Gasteiger partial charge on any atom is 0.229 e. The van der Waals surface area contributed by atoms with E-state index in [2.05, 4.69) is 24.8 Å². The molecule has 10 nitrogen and oxygen atoms in total. The van der Waals surface area contributed by atoms with Gasteiger partial charge in [-0.15, -0.1) is 0 Å². The number of carbonyl (C=O) groups excluding carboxylic acids is 1. The van der Waals surface area contributed by atoms with E-state index in [1.807, 2.05) is 24.2 Å². The fraction of sp³-hybridized carbons (Fsp3) is 0.542. The number of pyridine rings is 1. The first kappa shape index (κ1) is 23.8. The number of aryl methyl sites for hydroxylation is 1. The number of piperidine rings is 2. The minimum absolute atomic E-state index is 0.0411. The standard InChI is InChI=1S/C24H31N7O3S/c1-17-26-14-18(15-27-17)16-29-10-5-19(6-11-29)23(32)30-12-7-20(8-13-30)31-22-21(4-3-9-25-22)28-24(31)35(2,33)34/h3-4,9,14-15,19-20H,5-8,10-13,16H2,1-2H3. The summed E-state index contributed by atoms with van der Waals surface area (Å²) in [5.74, 6) is 1.03. The van der Waals surface area contributed by atoms with E-state index in [1.54, 1.807) is 22.9 Å². The Morgan fingerprint density at radius 2 is 1.71 bits per heavy atom. The van der Waals surface area contributed by atoms with E-state index >= 15 is 0 Å². The van der Waals surface area contributed by atoms with Gasteiger partial charge in [-0.3, -0.25) is 14.3 Å². The summed E-state index contributed by atoms with van der Waals surface area (Å²) in [7, 11) is -3.50. The normalized spacial score (nSPS) is 18.9. The molecule has 0 saturated carbocycles. The second-order valence-electron chi connectivity index (χ2n) is 9.63. The highest BCUT2D eigenvalue weighted by molar-refractivity contribution is 7.90. The van der Waals surface area contributed by atoms with Crippen LogP contribution in [0.15, 0.2) is 35.9 Å². The maximum atomic E-state index is 13.2. The zero-order chi connectivity index (χ0) is 24.6. The van der Waals surface area contributed by atoms with Crippen molar-refractivity contribution in [2.24, 2.45) is 5.92 Å². The van der Waals surface area contributed by atoms with Gasteiger partial charge >= 0.3 is 0 Å². The van der Waals surface area contributed by atoms with Crippen molar-refractivity contribution < 1.29 is 13.2 Å². The zero-order valence-electron chi connectivity index (χ0n) is 20.2. The van der Waals surface area contributed by atoms with Gasteiger partial charge in [-0.2, -0.15) is 0 Å². The first-order valence-corrected chi connectivity index (χ1v) is 14.0. The Balaban J connectivity index is 1.19. The summed E-state index contributed by atoms with van der Waals surface area (Å²) in [6.07, 6.45) is 9.64. The third-order valence-corrected chi connectivity index (χ3v) is 8.02. The molecule has 0 atom stereocenters. The third-order valence-electron chi connectivity index (χ3n) is 7.07. The fourth-order valence-electron chi connectivity index (χ4n) is 5.20. The molecule has 0 unspecified atom stereocenters. The zero-order valence-corrected chi connectivity index (χ0v) is 21.0. The van der Waals surface area contributed by atoms with Crippen molar-refractivity contribution in [3.8, 4) is 0 Å². The van der Waals surface area contributed by atoms with Crippen LogP contribution < -0.4 is 0 Å². The monoisotopic (exact) mass is 497 g/mol. The molecule has 35 heavy (non-hydrogen) atoms. The molecular formula is C24H31N7O3S. The Labute approximate surface area is 205 Å². The third kappa shape index (κ3) is 5.06. The number of aromatic nitrogens is 5. The van der Waals surface area contributed by atoms with E-state index in [4.69, 9.17) is 0 Å². The molecule has 2 aliphatic rings. The first-order chi connectivity index (χ1) is 16.8. The Kier molecular flexibility index (Phi) is 6.54. The van der Waals surface area contributed by atoms with Crippen LogP contribution in [-0.4, -0.2) is 81.1 Å². The van der Waals surface area contributed by atoms with E-state index in [0.29, 0.717) is 37.1 Å². The minimum Gasteiger partial charge on any atom is -0.342 e. The molecule has 5 rings (SSSR count). The molecule has 2 saturated heterocycles. The molecule has 0 aromatic carbocycles. The Morgan fingerprint density at radius 1 is 1.03 bits per heavy atom. The Bertz CT molecular complexity index is 1310. The lowest BCUT2D eigenvalue weighted by molar-refractivity contribution is -0.138. The molecule has 3 aromatic heterocycles. The topological polar surface area (TPSA) is 114 Å². The van der Waals surface area contributed by atoms with Crippen LogP contribution in [-0.2, 0) is 21.2 Å². The van der Waals surface area contributed by atoms with E-state index in [-0.39, 0.29) is 23.0 Å². The second kappa shape index (κ2) is 9.62. The number of fused-ring (bicyclic) bond motifs is 1. The predicted octanol–water partition coefficient (Wildman–Crippen LogP) is 2.01. The maximum absolute atomic E-state index is 13.2. The van der Waals surface area contributed by atoms with Crippen molar-refractivity contribution in [2.75, 3.05) is 32.4 Å². The molecule has 0 aliphatic carbocycles. The average Bonchev–Trinajstić information content (AvgIpc) is 3.26. The molecular weight excluding hydrogens is 466 g/mol. The van der Waals surface area contributed by atoms with Crippen LogP contribution in [0.5, 0.6) is 0 Å². The number of nitrogens with zero attached hydrogens (tertiary/aromatic N) is 7. The number of likely N-dealkylation sites (tertiary alicyclic amines) is 2. The van der Waals surface area contributed by atoms with Crippen molar-refractivity contribution in [3.63, 3.8) is 0 Å². The van der Waals surface area contributed by atoms with Gasteiger partial charge in [-0.05, 0) is 57.8 Å². The van der Waals surface area contributed by atoms with E-state index in [1.165, 1.54) is 6.26 Å². The van der Waals surface area contributed by atoms with Crippen molar-refractivity contribution in [2.45, 2.75) is 50.4 Å². The highest BCUT2D eigenvalue weighted by Gasteiger charge is 2.33. The fourth-order valence-corrected chi connectivity index (χ4v) is 6.06. The molecule has 1 amide bonds. The van der Waals surface area contributed by atoms with Crippen LogP contribution in [0, 0.1) is 12.8 Å². The van der Waals surface area contributed by atoms with Gasteiger partial charge in [0.1, 0.15) is 11.3 Å². The molecule has 0 N–H and O–H groups in total. The number of rotatable bonds is 5. The van der Waals surface area contributed by atoms with Gasteiger partial charge in [0.25, 0.3) is 0 Å². The molecule has 3 aromatic rings. The quantitative estimate of drug-likeness (QED) is 0.526. The molecule has 0 radical (unpaired) electrons. The van der Waals surface area contributed by atoms with Crippen molar-refractivity contribution in [1.82, 2.24) is 34.3 Å². The molecule has 11 heteroatoms. The molecule has 186 valence electrons. The minimum atomic E-state index is -3.50. The number of amides is 1. The van der Waals surface area contributed by atoms with Crippen LogP contribution in [0.25, 0.3) is 11.2 Å². The van der Waals surface area contributed by atoms with Gasteiger partial charge in [-0.25, -0.2) is 28.4 Å². The Hall–Kier alpha value is -2.92. The average molecular weight is 498 g/mol. The second-order valence-corrected chi connectivity index (χ2v) is 11.5. The highest BCUT2D eigenvalue weighted by atomic mass is 32.2. The number of hydrogen-bond donors (Lipinski definition) is 0. The van der Waals surface area contributed by atoms with E-state index in [9.17, 15) is 13.2 Å². The van der Waals surface area contributed by atoms with E-state index in [0.717, 1.165) is 43.9 Å². The SMILES string of the molecule is Cc1ncc(CN2CCC(C(=O)N3CCC(n4c(S(C)(=O)=O)nc5cccnc54)CC3)CC2)cn1. The Morgan fingerprint density at radius 3 is 2.37 bits per heavy atom. The number of sulfone groups is 1. The summed E-state index contributed by atoms with van der Waals surface area (Å²) in [5.41, 5.74) is 2.26. The highest BCUT2D eigenvalue weighted by Crippen LogP contribution is 2.31. The first-order valence-electron chi connectivity index (χ1n) is 12.1. The molecule has 5 heterocycles. The summed E-state index contributed by atoms with van der Waals surface area (Å²) in [5, 5.41) is 0.0577. The van der Waals surface area contributed by atoms with Gasteiger partial charge in [0, 0.05) is 62.0 Å². The van der Waals surface area contributed by atoms with Gasteiger partial charge in [0.2, 0.25) is 20.9 Å². The number of hydrogen-bond acceptors (Lipinski definition) is 8. The van der Waals surface area contributed by atoms with Gasteiger partial charge in [-0.1, -0.05) is 0 Å². The lowest BCUT2D eigenvalue weighted by Crippen LogP contribution is -2.45. The van der Waals surface area contributed by atoms with Crippen LogP contribution in [0.4, 0.5) is 0 Å². The molecule has 0 spiro atoms. The van der Waals surface area contributed by atoms with Crippen molar-refractivity contribution in [1.29, 1.82) is 0 Å². The van der Waals surface area contributed by atoms with Crippen LogP contribution in [0.2, 0.25) is 0 Å². The summed E-state index contributed by atoms with van der Waals surface area (Å²) in [4.78, 5) is 34.8. The largest absolute Gasteiger partial charge is 0.342 e. The lowest BCUT2D eigenvalue weighted by Gasteiger charge is -2.37. The lowest BCUT2D eigenvalue weighted by atomic mass is 9.93. The van der Waals surface area contributed by atoms with Crippen LogP contribution >= 0.6 is 0 Å².